The van der Waals surface area contributed by atoms with E-state index in [-0.39, 0.29) is 12.4 Å². The number of hydrogen-bond donors (Lipinski definition) is 0. The monoisotopic (exact) mass is 340 g/mol. The summed E-state index contributed by atoms with van der Waals surface area (Å²) in [5, 5.41) is 0. The maximum absolute atomic E-state index is 2.37. The third-order valence-electron chi connectivity index (χ3n) is 3.48. The summed E-state index contributed by atoms with van der Waals surface area (Å²) in [4.78, 5) is 0. The average molecular weight is 342 g/mol. The fourth-order valence-electron chi connectivity index (χ4n) is 2.55. The first kappa shape index (κ1) is 16.2. The predicted molar refractivity (Wildman–Crippen MR) is 78.5 cm³/mol. The van der Waals surface area contributed by atoms with Gasteiger partial charge in [-0.15, -0.1) is 12.4 Å². The van der Waals surface area contributed by atoms with Crippen LogP contribution in [-0.2, 0) is 23.2 Å². The van der Waals surface area contributed by atoms with Crippen LogP contribution in [0.25, 0.3) is 0 Å². The molecule has 0 atom stereocenters. The van der Waals surface area contributed by atoms with Crippen LogP contribution in [-0.4, -0.2) is 0 Å². The Bertz CT molecular complexity index is 382. The average Bonchev–Trinajstić information content (AvgIpc) is 2.86. The zero-order valence-corrected chi connectivity index (χ0v) is 15.1. The van der Waals surface area contributed by atoms with E-state index >= 15 is 0 Å². The van der Waals surface area contributed by atoms with Crippen molar-refractivity contribution >= 4 is 12.4 Å². The molecule has 0 aromatic carbocycles. The van der Waals surface area contributed by atoms with Gasteiger partial charge in [0, 0.05) is 0 Å². The van der Waals surface area contributed by atoms with E-state index in [0.29, 0.717) is 11.8 Å². The molecule has 0 bridgehead atoms. The first-order chi connectivity index (χ1) is 8.09. The molecule has 0 saturated heterocycles. The van der Waals surface area contributed by atoms with Crippen LogP contribution in [0.15, 0.2) is 42.0 Å². The molecule has 0 amide bonds. The van der Waals surface area contributed by atoms with Crippen molar-refractivity contribution in [2.75, 3.05) is 0 Å². The Labute approximate surface area is 129 Å². The molecule has 0 aromatic heterocycles. The van der Waals surface area contributed by atoms with E-state index in [2.05, 4.69) is 52.0 Å². The van der Waals surface area contributed by atoms with E-state index in [1.165, 1.54) is 12.8 Å². The van der Waals surface area contributed by atoms with E-state index < -0.39 is 23.2 Å². The number of rotatable bonds is 4. The van der Waals surface area contributed by atoms with Crippen molar-refractivity contribution in [2.24, 2.45) is 11.8 Å². The quantitative estimate of drug-likeness (QED) is 0.656. The number of halogens is 1. The fourth-order valence-corrected chi connectivity index (χ4v) is 7.07. The van der Waals surface area contributed by atoms with Crippen LogP contribution >= 0.6 is 12.4 Å². The van der Waals surface area contributed by atoms with Gasteiger partial charge in [-0.3, -0.25) is 0 Å². The SMILES string of the molecule is CC(C)C1=[C]([Zr][C]2=C(C(C)C)C=CC2)CC=C1.Cl. The fraction of sp³-hybridized carbons (Fsp3) is 0.500. The maximum Gasteiger partial charge on any atom is -0.147 e. The van der Waals surface area contributed by atoms with E-state index in [1.807, 2.05) is 6.56 Å². The second-order valence-corrected chi connectivity index (χ2v) is 9.10. The molecule has 0 aromatic rings. The molecule has 18 heavy (non-hydrogen) atoms. The second-order valence-electron chi connectivity index (χ2n) is 5.52. The van der Waals surface area contributed by atoms with Crippen molar-refractivity contribution in [1.29, 1.82) is 0 Å². The summed E-state index contributed by atoms with van der Waals surface area (Å²) in [7, 11) is 0. The van der Waals surface area contributed by atoms with Gasteiger partial charge in [0.25, 0.3) is 0 Å². The van der Waals surface area contributed by atoms with Gasteiger partial charge in [0.2, 0.25) is 0 Å². The topological polar surface area (TPSA) is 0 Å². The van der Waals surface area contributed by atoms with Gasteiger partial charge < -0.3 is 0 Å². The smallest absolute Gasteiger partial charge is 0.147 e. The third kappa shape index (κ3) is 3.58. The third-order valence-corrected chi connectivity index (χ3v) is 7.39. The molecule has 2 aliphatic rings. The minimum absolute atomic E-state index is 0. The first-order valence-corrected chi connectivity index (χ1v) is 9.11. The molecular formula is C16H23ClZr. The van der Waals surface area contributed by atoms with Gasteiger partial charge in [0.1, 0.15) is 0 Å². The van der Waals surface area contributed by atoms with Gasteiger partial charge in [-0.25, -0.2) is 0 Å². The first-order valence-electron chi connectivity index (χ1n) is 6.65. The van der Waals surface area contributed by atoms with E-state index in [4.69, 9.17) is 0 Å². The molecule has 2 heteroatoms. The van der Waals surface area contributed by atoms with Crippen molar-refractivity contribution in [2.45, 2.75) is 40.5 Å². The van der Waals surface area contributed by atoms with Crippen LogP contribution in [0.5, 0.6) is 0 Å². The molecular weight excluding hydrogens is 319 g/mol. The summed E-state index contributed by atoms with van der Waals surface area (Å²) in [5.41, 5.74) is 3.30. The summed E-state index contributed by atoms with van der Waals surface area (Å²) in [5.74, 6) is 1.42. The van der Waals surface area contributed by atoms with E-state index in [1.54, 1.807) is 11.1 Å². The Morgan fingerprint density at radius 3 is 1.56 bits per heavy atom. The second kappa shape index (κ2) is 7.06. The summed E-state index contributed by atoms with van der Waals surface area (Å²) in [6.45, 7) is 9.31. The standard InChI is InChI=1S/2C8H11.ClH.Zr/c2*1-7(2)8-5-3-4-6-8;;/h2*3,5,7H,4H2,1-2H3;1H;. The van der Waals surface area contributed by atoms with Crippen molar-refractivity contribution in [3.63, 3.8) is 0 Å². The van der Waals surface area contributed by atoms with E-state index in [9.17, 15) is 0 Å². The van der Waals surface area contributed by atoms with Gasteiger partial charge in [0.15, 0.2) is 0 Å². The van der Waals surface area contributed by atoms with Crippen LogP contribution in [0.1, 0.15) is 40.5 Å². The summed E-state index contributed by atoms with van der Waals surface area (Å²) >= 11 is -0.491. The Balaban J connectivity index is 0.00000162. The molecule has 0 radical (unpaired) electrons. The van der Waals surface area contributed by atoms with Crippen molar-refractivity contribution in [3.8, 4) is 0 Å². The molecule has 2 aliphatic carbocycles. The zero-order valence-electron chi connectivity index (χ0n) is 11.8. The Morgan fingerprint density at radius 2 is 1.22 bits per heavy atom. The minimum Gasteiger partial charge on any atom is -0.147 e. The van der Waals surface area contributed by atoms with E-state index in [0.717, 1.165) is 0 Å². The Hall–Kier alpha value is 0.133. The minimum atomic E-state index is -0.491. The zero-order chi connectivity index (χ0) is 12.4. The molecule has 0 nitrogen and oxygen atoms in total. The normalized spacial score (nSPS) is 18.3. The molecule has 0 saturated carbocycles. The number of hydrogen-bond acceptors (Lipinski definition) is 0. The van der Waals surface area contributed by atoms with Gasteiger partial charge >= 0.3 is 118 Å². The van der Waals surface area contributed by atoms with Crippen LogP contribution in [0.4, 0.5) is 0 Å². The molecule has 0 unspecified atom stereocenters. The summed E-state index contributed by atoms with van der Waals surface area (Å²) in [6, 6.07) is 0. The van der Waals surface area contributed by atoms with Crippen molar-refractivity contribution in [3.05, 3.63) is 42.0 Å². The van der Waals surface area contributed by atoms with Gasteiger partial charge in [-0.05, 0) is 0 Å². The van der Waals surface area contributed by atoms with Crippen molar-refractivity contribution in [1.82, 2.24) is 0 Å². The van der Waals surface area contributed by atoms with Crippen LogP contribution in [0.2, 0.25) is 0 Å². The largest absolute Gasteiger partial charge is 0.147 e. The Kier molecular flexibility index (Phi) is 6.35. The molecule has 98 valence electrons. The van der Waals surface area contributed by atoms with Crippen LogP contribution < -0.4 is 0 Å². The summed E-state index contributed by atoms with van der Waals surface area (Å²) < 4.78 is 3.64. The van der Waals surface area contributed by atoms with Gasteiger partial charge in [-0.2, -0.15) is 0 Å². The molecule has 0 spiro atoms. The maximum atomic E-state index is 2.37. The van der Waals surface area contributed by atoms with Gasteiger partial charge in [-0.1, -0.05) is 0 Å². The molecule has 0 aliphatic heterocycles. The molecule has 2 rings (SSSR count). The van der Waals surface area contributed by atoms with Crippen molar-refractivity contribution < 1.29 is 23.2 Å². The molecule has 0 N–H and O–H groups in total. The molecule has 0 heterocycles. The predicted octanol–water partition coefficient (Wildman–Crippen LogP) is 5.23. The summed E-state index contributed by atoms with van der Waals surface area (Å²) in [6.07, 6.45) is 12.0. The van der Waals surface area contributed by atoms with Crippen LogP contribution in [0, 0.1) is 11.8 Å². The molecule has 0 fully saturated rings. The Morgan fingerprint density at radius 1 is 0.833 bits per heavy atom. The van der Waals surface area contributed by atoms with Gasteiger partial charge in [0.05, 0.1) is 0 Å². The number of allylic oxidation sites excluding steroid dienone is 8. The van der Waals surface area contributed by atoms with Crippen LogP contribution in [0.3, 0.4) is 0 Å².